The molecule has 0 spiro atoms. The van der Waals surface area contributed by atoms with Crippen molar-refractivity contribution < 1.29 is 0 Å². The number of piperazine rings is 1. The highest BCUT2D eigenvalue weighted by Gasteiger charge is 2.26. The molecule has 0 aliphatic carbocycles. The predicted octanol–water partition coefficient (Wildman–Crippen LogP) is 1.77. The van der Waals surface area contributed by atoms with Crippen molar-refractivity contribution in [1.82, 2.24) is 19.8 Å². The molecular weight excluding hydrogens is 224 g/mol. The lowest BCUT2D eigenvalue weighted by Crippen LogP contribution is -2.55. The molecule has 2 heterocycles. The van der Waals surface area contributed by atoms with Crippen molar-refractivity contribution in [2.45, 2.75) is 51.7 Å². The summed E-state index contributed by atoms with van der Waals surface area (Å²) in [5, 5.41) is 3.68. The molecule has 2 rings (SSSR count). The Morgan fingerprint density at radius 3 is 2.89 bits per heavy atom. The van der Waals surface area contributed by atoms with E-state index in [1.165, 1.54) is 25.1 Å². The number of nitrogens with one attached hydrogen (secondary N) is 1. The number of aromatic nitrogens is 2. The maximum absolute atomic E-state index is 4.45. The fourth-order valence-corrected chi connectivity index (χ4v) is 2.80. The molecule has 18 heavy (non-hydrogen) atoms. The first-order valence-corrected chi connectivity index (χ1v) is 7.18. The lowest BCUT2D eigenvalue weighted by atomic mass is 10.0. The van der Waals surface area contributed by atoms with Crippen LogP contribution in [0.3, 0.4) is 0 Å². The Morgan fingerprint density at radius 2 is 2.28 bits per heavy atom. The average Bonchev–Trinajstić information content (AvgIpc) is 2.76. The van der Waals surface area contributed by atoms with Crippen LogP contribution in [0.1, 0.15) is 38.9 Å². The molecule has 4 heteroatoms. The van der Waals surface area contributed by atoms with E-state index >= 15 is 0 Å². The zero-order valence-electron chi connectivity index (χ0n) is 11.9. The summed E-state index contributed by atoms with van der Waals surface area (Å²) in [6, 6.07) is 1.30. The smallest absolute Gasteiger partial charge is 0.122 e. The molecule has 0 amide bonds. The van der Waals surface area contributed by atoms with Gasteiger partial charge in [-0.15, -0.1) is 0 Å². The Morgan fingerprint density at radius 1 is 1.44 bits per heavy atom. The van der Waals surface area contributed by atoms with Gasteiger partial charge >= 0.3 is 0 Å². The van der Waals surface area contributed by atoms with Crippen LogP contribution in [0.2, 0.25) is 0 Å². The molecule has 1 fully saturated rings. The SMILES string of the molecule is CCCC1CN(Cc2nccn2C)C(CC)CN1. The van der Waals surface area contributed by atoms with Crippen molar-refractivity contribution >= 4 is 0 Å². The van der Waals surface area contributed by atoms with E-state index in [1.807, 2.05) is 12.4 Å². The molecule has 4 nitrogen and oxygen atoms in total. The number of hydrogen-bond donors (Lipinski definition) is 1. The summed E-state index contributed by atoms with van der Waals surface area (Å²) in [6.07, 6.45) is 7.65. The lowest BCUT2D eigenvalue weighted by molar-refractivity contribution is 0.111. The number of aryl methyl sites for hydroxylation is 1. The molecular formula is C14H26N4. The molecule has 1 aliphatic heterocycles. The Labute approximate surface area is 110 Å². The van der Waals surface area contributed by atoms with Crippen LogP contribution >= 0.6 is 0 Å². The highest BCUT2D eigenvalue weighted by molar-refractivity contribution is 4.94. The monoisotopic (exact) mass is 250 g/mol. The molecule has 1 aliphatic rings. The summed E-state index contributed by atoms with van der Waals surface area (Å²) in [6.45, 7) is 7.78. The van der Waals surface area contributed by atoms with Crippen molar-refractivity contribution in [3.63, 3.8) is 0 Å². The van der Waals surface area contributed by atoms with Gasteiger partial charge in [0, 0.05) is 44.6 Å². The lowest BCUT2D eigenvalue weighted by Gasteiger charge is -2.40. The van der Waals surface area contributed by atoms with Gasteiger partial charge in [0.25, 0.3) is 0 Å². The van der Waals surface area contributed by atoms with Gasteiger partial charge in [0.15, 0.2) is 0 Å². The first kappa shape index (κ1) is 13.6. The molecule has 0 radical (unpaired) electrons. The average molecular weight is 250 g/mol. The zero-order valence-corrected chi connectivity index (χ0v) is 11.9. The number of hydrogen-bond acceptors (Lipinski definition) is 3. The second-order valence-electron chi connectivity index (χ2n) is 5.34. The van der Waals surface area contributed by atoms with Gasteiger partial charge in [-0.2, -0.15) is 0 Å². The van der Waals surface area contributed by atoms with E-state index in [2.05, 4.69) is 40.7 Å². The quantitative estimate of drug-likeness (QED) is 0.864. The van der Waals surface area contributed by atoms with Crippen LogP contribution in [-0.2, 0) is 13.6 Å². The predicted molar refractivity (Wildman–Crippen MR) is 74.4 cm³/mol. The maximum Gasteiger partial charge on any atom is 0.122 e. The van der Waals surface area contributed by atoms with Crippen LogP contribution in [0.25, 0.3) is 0 Å². The molecule has 1 N–H and O–H groups in total. The van der Waals surface area contributed by atoms with Gasteiger partial charge < -0.3 is 9.88 Å². The van der Waals surface area contributed by atoms with Gasteiger partial charge in [0.2, 0.25) is 0 Å². The Kier molecular flexibility index (Phi) is 4.78. The van der Waals surface area contributed by atoms with Gasteiger partial charge in [-0.3, -0.25) is 4.90 Å². The van der Waals surface area contributed by atoms with Crippen LogP contribution in [-0.4, -0.2) is 39.6 Å². The van der Waals surface area contributed by atoms with Crippen molar-refractivity contribution in [2.75, 3.05) is 13.1 Å². The van der Waals surface area contributed by atoms with Crippen molar-refractivity contribution in [1.29, 1.82) is 0 Å². The summed E-state index contributed by atoms with van der Waals surface area (Å²) in [5.41, 5.74) is 0. The Hall–Kier alpha value is -0.870. The summed E-state index contributed by atoms with van der Waals surface area (Å²) < 4.78 is 2.13. The fraction of sp³-hybridized carbons (Fsp3) is 0.786. The van der Waals surface area contributed by atoms with E-state index < -0.39 is 0 Å². The molecule has 1 saturated heterocycles. The first-order valence-electron chi connectivity index (χ1n) is 7.18. The Bertz CT molecular complexity index is 360. The second-order valence-corrected chi connectivity index (χ2v) is 5.34. The highest BCUT2D eigenvalue weighted by atomic mass is 15.3. The van der Waals surface area contributed by atoms with E-state index in [1.54, 1.807) is 0 Å². The maximum atomic E-state index is 4.45. The third-order valence-corrected chi connectivity index (χ3v) is 3.99. The fourth-order valence-electron chi connectivity index (χ4n) is 2.80. The molecule has 0 bridgehead atoms. The van der Waals surface area contributed by atoms with Crippen LogP contribution in [0.4, 0.5) is 0 Å². The molecule has 0 aromatic carbocycles. The van der Waals surface area contributed by atoms with Crippen LogP contribution < -0.4 is 5.32 Å². The normalized spacial score (nSPS) is 25.5. The minimum absolute atomic E-state index is 0.648. The highest BCUT2D eigenvalue weighted by Crippen LogP contribution is 2.15. The van der Waals surface area contributed by atoms with Crippen molar-refractivity contribution in [3.05, 3.63) is 18.2 Å². The van der Waals surface area contributed by atoms with Gasteiger partial charge in [-0.05, 0) is 12.8 Å². The van der Waals surface area contributed by atoms with E-state index in [9.17, 15) is 0 Å². The minimum Gasteiger partial charge on any atom is -0.337 e. The van der Waals surface area contributed by atoms with Crippen LogP contribution in [0.15, 0.2) is 12.4 Å². The largest absolute Gasteiger partial charge is 0.337 e. The van der Waals surface area contributed by atoms with E-state index in [0.717, 1.165) is 19.6 Å². The van der Waals surface area contributed by atoms with E-state index in [0.29, 0.717) is 12.1 Å². The zero-order chi connectivity index (χ0) is 13.0. The third kappa shape index (κ3) is 3.12. The molecule has 0 saturated carbocycles. The number of nitrogens with zero attached hydrogens (tertiary/aromatic N) is 3. The Balaban J connectivity index is 2.00. The third-order valence-electron chi connectivity index (χ3n) is 3.99. The first-order chi connectivity index (χ1) is 8.74. The summed E-state index contributed by atoms with van der Waals surface area (Å²) >= 11 is 0. The van der Waals surface area contributed by atoms with Gasteiger partial charge in [-0.25, -0.2) is 4.98 Å². The molecule has 1 aromatic rings. The second kappa shape index (κ2) is 6.34. The minimum atomic E-state index is 0.648. The standard InChI is InChI=1S/C14H26N4/c1-4-6-12-10-18(13(5-2)9-16-12)11-14-15-7-8-17(14)3/h7-8,12-13,16H,4-6,9-11H2,1-3H3. The number of imidazole rings is 1. The summed E-state index contributed by atoms with van der Waals surface area (Å²) in [4.78, 5) is 7.05. The van der Waals surface area contributed by atoms with Crippen molar-refractivity contribution in [2.24, 2.45) is 7.05 Å². The van der Waals surface area contributed by atoms with E-state index in [4.69, 9.17) is 0 Å². The van der Waals surface area contributed by atoms with Crippen LogP contribution in [0.5, 0.6) is 0 Å². The number of rotatable bonds is 5. The molecule has 102 valence electrons. The summed E-state index contributed by atoms with van der Waals surface area (Å²) in [5.74, 6) is 1.17. The van der Waals surface area contributed by atoms with Gasteiger partial charge in [0.05, 0.1) is 6.54 Å². The van der Waals surface area contributed by atoms with E-state index in [-0.39, 0.29) is 0 Å². The summed E-state index contributed by atoms with van der Waals surface area (Å²) in [7, 11) is 2.08. The molecule has 2 atom stereocenters. The molecule has 1 aromatic heterocycles. The van der Waals surface area contributed by atoms with Crippen molar-refractivity contribution in [3.8, 4) is 0 Å². The van der Waals surface area contributed by atoms with Gasteiger partial charge in [-0.1, -0.05) is 20.3 Å². The topological polar surface area (TPSA) is 33.1 Å². The van der Waals surface area contributed by atoms with Crippen LogP contribution in [0, 0.1) is 0 Å². The molecule has 2 unspecified atom stereocenters. The van der Waals surface area contributed by atoms with Gasteiger partial charge in [0.1, 0.15) is 5.82 Å².